The van der Waals surface area contributed by atoms with Crippen LogP contribution in [0, 0.1) is 5.41 Å². The molecule has 11 heavy (non-hydrogen) atoms. The molecular formula is C8H12N2O. The molecule has 0 fully saturated rings. The first-order valence-electron chi connectivity index (χ1n) is 2.65. The summed E-state index contributed by atoms with van der Waals surface area (Å²) in [7, 11) is 0. The smallest absolute Gasteiger partial charge is 0.231 e. The molecule has 0 aliphatic heterocycles. The van der Waals surface area contributed by atoms with Crippen LogP contribution in [0.4, 0.5) is 5.69 Å². The van der Waals surface area contributed by atoms with E-state index in [0.29, 0.717) is 0 Å². The zero-order valence-corrected chi connectivity index (χ0v) is 5.37. The predicted molar refractivity (Wildman–Crippen MR) is 46.0 cm³/mol. The first-order valence-corrected chi connectivity index (χ1v) is 2.65. The molecule has 0 aromatic heterocycles. The molecule has 1 aromatic carbocycles. The Kier molecular flexibility index (Phi) is 9.25. The van der Waals surface area contributed by atoms with Crippen molar-refractivity contribution in [2.45, 2.75) is 7.43 Å². The standard InChI is InChI=1S/C6H7N.CHNO.CH4/c7-6-4-2-1-3-5-6;2-1-3;/h1-5H,7H2;2H;1H4. The van der Waals surface area contributed by atoms with E-state index in [4.69, 9.17) is 15.9 Å². The maximum Gasteiger partial charge on any atom is 0.231 e. The molecule has 0 spiro atoms. The lowest BCUT2D eigenvalue weighted by molar-refractivity contribution is 0.563. The number of isocyanates is 1. The molecule has 0 aliphatic carbocycles. The second-order valence-electron chi connectivity index (χ2n) is 1.51. The Hall–Kier alpha value is -1.60. The van der Waals surface area contributed by atoms with Crippen molar-refractivity contribution >= 4 is 11.8 Å². The van der Waals surface area contributed by atoms with Gasteiger partial charge in [0.2, 0.25) is 6.08 Å². The number of nitrogens with two attached hydrogens (primary N) is 1. The van der Waals surface area contributed by atoms with E-state index < -0.39 is 0 Å². The third-order valence-electron chi connectivity index (χ3n) is 0.800. The van der Waals surface area contributed by atoms with E-state index in [2.05, 4.69) is 0 Å². The second-order valence-corrected chi connectivity index (χ2v) is 1.51. The fourth-order valence-corrected chi connectivity index (χ4v) is 0.453. The van der Waals surface area contributed by atoms with Crippen molar-refractivity contribution in [2.75, 3.05) is 5.73 Å². The lowest BCUT2D eigenvalue weighted by atomic mass is 10.3. The van der Waals surface area contributed by atoms with Gasteiger partial charge in [-0.2, -0.15) is 0 Å². The summed E-state index contributed by atoms with van der Waals surface area (Å²) in [6, 6.07) is 9.49. The minimum absolute atomic E-state index is 0. The second kappa shape index (κ2) is 8.40. The summed E-state index contributed by atoms with van der Waals surface area (Å²) in [5.41, 5.74) is 6.18. The van der Waals surface area contributed by atoms with Crippen molar-refractivity contribution in [3.8, 4) is 0 Å². The quantitative estimate of drug-likeness (QED) is 0.338. The third kappa shape index (κ3) is 8.40. The van der Waals surface area contributed by atoms with E-state index in [0.717, 1.165) is 11.8 Å². The van der Waals surface area contributed by atoms with Crippen LogP contribution in [0.3, 0.4) is 0 Å². The van der Waals surface area contributed by atoms with Crippen molar-refractivity contribution in [3.63, 3.8) is 0 Å². The zero-order valence-electron chi connectivity index (χ0n) is 5.37. The summed E-state index contributed by atoms with van der Waals surface area (Å²) in [4.78, 5) is 8.35. The Morgan fingerprint density at radius 3 is 1.82 bits per heavy atom. The van der Waals surface area contributed by atoms with Crippen LogP contribution in [-0.2, 0) is 4.79 Å². The molecule has 3 N–H and O–H groups in total. The Bertz CT molecular complexity index is 203. The SMILES string of the molecule is C.N=C=O.Nc1ccccc1. The molecule has 0 unspecified atom stereocenters. The maximum atomic E-state index is 8.35. The van der Waals surface area contributed by atoms with Gasteiger partial charge in [0.1, 0.15) is 0 Å². The molecule has 0 atom stereocenters. The van der Waals surface area contributed by atoms with Gasteiger partial charge in [0, 0.05) is 5.69 Å². The topological polar surface area (TPSA) is 66.9 Å². The van der Waals surface area contributed by atoms with Crippen LogP contribution in [0.5, 0.6) is 0 Å². The fourth-order valence-electron chi connectivity index (χ4n) is 0.453. The number of benzene rings is 1. The van der Waals surface area contributed by atoms with Gasteiger partial charge in [0.15, 0.2) is 0 Å². The molecule has 3 nitrogen and oxygen atoms in total. The van der Waals surface area contributed by atoms with Gasteiger partial charge in [0.25, 0.3) is 0 Å². The summed E-state index contributed by atoms with van der Waals surface area (Å²) < 4.78 is 0. The number of hydrogen-bond acceptors (Lipinski definition) is 3. The molecule has 0 saturated heterocycles. The first kappa shape index (κ1) is 12.1. The first-order chi connectivity index (χ1) is 4.81. The zero-order chi connectivity index (χ0) is 7.82. The van der Waals surface area contributed by atoms with Gasteiger partial charge in [-0.05, 0) is 12.1 Å². The highest BCUT2D eigenvalue weighted by Gasteiger charge is 1.72. The molecule has 0 aliphatic rings. The molecular weight excluding hydrogens is 140 g/mol. The summed E-state index contributed by atoms with van der Waals surface area (Å²) >= 11 is 0. The van der Waals surface area contributed by atoms with Crippen LogP contribution in [0.15, 0.2) is 30.3 Å². The molecule has 1 aromatic rings. The summed E-state index contributed by atoms with van der Waals surface area (Å²) in [5.74, 6) is 0. The predicted octanol–water partition coefficient (Wildman–Crippen LogP) is 1.81. The normalized spacial score (nSPS) is 6.18. The van der Waals surface area contributed by atoms with Crippen LogP contribution in [0.1, 0.15) is 7.43 Å². The minimum atomic E-state index is 0. The molecule has 0 heterocycles. The number of anilines is 1. The van der Waals surface area contributed by atoms with Gasteiger partial charge in [0.05, 0.1) is 0 Å². The average Bonchev–Trinajstić information content (AvgIpc) is 1.91. The van der Waals surface area contributed by atoms with Gasteiger partial charge in [-0.1, -0.05) is 25.6 Å². The molecule has 0 radical (unpaired) electrons. The van der Waals surface area contributed by atoms with Crippen molar-refractivity contribution in [2.24, 2.45) is 0 Å². The van der Waals surface area contributed by atoms with Crippen LogP contribution in [-0.4, -0.2) is 6.08 Å². The van der Waals surface area contributed by atoms with Gasteiger partial charge >= 0.3 is 0 Å². The Morgan fingerprint density at radius 1 is 1.27 bits per heavy atom. The third-order valence-corrected chi connectivity index (χ3v) is 0.800. The van der Waals surface area contributed by atoms with Crippen molar-refractivity contribution < 1.29 is 4.79 Å². The van der Waals surface area contributed by atoms with Crippen LogP contribution in [0.25, 0.3) is 0 Å². The fraction of sp³-hybridized carbons (Fsp3) is 0.125. The highest BCUT2D eigenvalue weighted by Crippen LogP contribution is 1.95. The van der Waals surface area contributed by atoms with Crippen molar-refractivity contribution in [1.29, 1.82) is 5.41 Å². The number of nitrogens with one attached hydrogen (secondary N) is 1. The number of nitrogen functional groups attached to an aromatic ring is 1. The van der Waals surface area contributed by atoms with E-state index in [9.17, 15) is 0 Å². The van der Waals surface area contributed by atoms with Crippen LogP contribution < -0.4 is 5.73 Å². The monoisotopic (exact) mass is 152 g/mol. The lowest BCUT2D eigenvalue weighted by Crippen LogP contribution is -1.79. The molecule has 60 valence electrons. The number of para-hydroxylation sites is 1. The van der Waals surface area contributed by atoms with Crippen LogP contribution in [0.2, 0.25) is 0 Å². The van der Waals surface area contributed by atoms with E-state index >= 15 is 0 Å². The summed E-state index contributed by atoms with van der Waals surface area (Å²) in [5, 5.41) is 5.40. The van der Waals surface area contributed by atoms with E-state index in [-0.39, 0.29) is 7.43 Å². The van der Waals surface area contributed by atoms with Gasteiger partial charge in [-0.25, -0.2) is 10.2 Å². The number of hydrogen-bond donors (Lipinski definition) is 2. The number of rotatable bonds is 0. The van der Waals surface area contributed by atoms with Crippen molar-refractivity contribution in [1.82, 2.24) is 0 Å². The minimum Gasteiger partial charge on any atom is -0.399 e. The van der Waals surface area contributed by atoms with E-state index in [1.54, 1.807) is 0 Å². The van der Waals surface area contributed by atoms with E-state index in [1.807, 2.05) is 30.3 Å². The molecule has 0 bridgehead atoms. The van der Waals surface area contributed by atoms with E-state index in [1.165, 1.54) is 0 Å². The van der Waals surface area contributed by atoms with Gasteiger partial charge in [-0.3, -0.25) is 0 Å². The Morgan fingerprint density at radius 2 is 1.64 bits per heavy atom. The summed E-state index contributed by atoms with van der Waals surface area (Å²) in [6.07, 6.45) is 0.750. The molecule has 0 saturated carbocycles. The highest BCUT2D eigenvalue weighted by molar-refractivity contribution is 5.35. The molecule has 1 rings (SSSR count). The van der Waals surface area contributed by atoms with Crippen LogP contribution >= 0.6 is 0 Å². The largest absolute Gasteiger partial charge is 0.399 e. The number of carbonyl (C=O) groups excluding carboxylic acids is 1. The highest BCUT2D eigenvalue weighted by atomic mass is 16.1. The van der Waals surface area contributed by atoms with Gasteiger partial charge < -0.3 is 5.73 Å². The van der Waals surface area contributed by atoms with Crippen molar-refractivity contribution in [3.05, 3.63) is 30.3 Å². The Labute approximate surface area is 66.4 Å². The molecule has 3 heteroatoms. The molecule has 0 amide bonds. The van der Waals surface area contributed by atoms with Gasteiger partial charge in [-0.15, -0.1) is 0 Å². The Balaban J connectivity index is 0. The lowest BCUT2D eigenvalue weighted by Gasteiger charge is -1.83. The summed E-state index contributed by atoms with van der Waals surface area (Å²) in [6.45, 7) is 0. The maximum absolute atomic E-state index is 8.35. The average molecular weight is 152 g/mol.